The Morgan fingerprint density at radius 2 is 2.15 bits per heavy atom. The Kier molecular flexibility index (Phi) is 4.17. The third-order valence-corrected chi connectivity index (χ3v) is 5.42. The van der Waals surface area contributed by atoms with Gasteiger partial charge in [-0.2, -0.15) is 0 Å². The van der Waals surface area contributed by atoms with Gasteiger partial charge in [-0.05, 0) is 36.6 Å². The highest BCUT2D eigenvalue weighted by Crippen LogP contribution is 2.32. The highest BCUT2D eigenvalue weighted by molar-refractivity contribution is 7.18. The van der Waals surface area contributed by atoms with Crippen molar-refractivity contribution >= 4 is 27.4 Å². The van der Waals surface area contributed by atoms with E-state index in [2.05, 4.69) is 27.6 Å². The van der Waals surface area contributed by atoms with Crippen molar-refractivity contribution in [3.05, 3.63) is 17.3 Å². The summed E-state index contributed by atoms with van der Waals surface area (Å²) < 4.78 is 1.15. The highest BCUT2D eigenvalue weighted by Gasteiger charge is 2.23. The second-order valence-corrected chi connectivity index (χ2v) is 6.58. The topological polar surface area (TPSA) is 63.8 Å². The maximum atomic E-state index is 6.00. The number of anilines is 1. The van der Waals surface area contributed by atoms with Crippen LogP contribution in [-0.4, -0.2) is 22.6 Å². The van der Waals surface area contributed by atoms with Crippen LogP contribution in [0.15, 0.2) is 11.7 Å². The molecule has 3 N–H and O–H groups in total. The lowest BCUT2D eigenvalue weighted by molar-refractivity contribution is 0.320. The van der Waals surface area contributed by atoms with Crippen LogP contribution in [0, 0.1) is 12.8 Å². The minimum Gasteiger partial charge on any atom is -0.364 e. The van der Waals surface area contributed by atoms with Crippen molar-refractivity contribution in [3.63, 3.8) is 0 Å². The third-order valence-electron chi connectivity index (χ3n) is 4.33. The van der Waals surface area contributed by atoms with E-state index in [1.165, 1.54) is 37.7 Å². The van der Waals surface area contributed by atoms with E-state index < -0.39 is 0 Å². The number of aryl methyl sites for hydroxylation is 1. The first-order valence-corrected chi connectivity index (χ1v) is 8.33. The number of hydrogen-bond donors (Lipinski definition) is 2. The Labute approximate surface area is 123 Å². The molecule has 2 heterocycles. The van der Waals surface area contributed by atoms with Gasteiger partial charge in [-0.15, -0.1) is 11.3 Å². The Balaban J connectivity index is 1.83. The van der Waals surface area contributed by atoms with E-state index in [1.54, 1.807) is 17.7 Å². The fraction of sp³-hybridized carbons (Fsp3) is 0.600. The van der Waals surface area contributed by atoms with Crippen LogP contribution >= 0.6 is 11.3 Å². The molecule has 1 aliphatic carbocycles. The van der Waals surface area contributed by atoms with Crippen LogP contribution in [0.4, 0.5) is 5.82 Å². The summed E-state index contributed by atoms with van der Waals surface area (Å²) in [5.74, 6) is 1.63. The first-order chi connectivity index (χ1) is 9.79. The molecule has 3 rings (SSSR count). The summed E-state index contributed by atoms with van der Waals surface area (Å²) in [6, 6.07) is 0.329. The van der Waals surface area contributed by atoms with Gasteiger partial charge >= 0.3 is 0 Å². The Morgan fingerprint density at radius 1 is 1.35 bits per heavy atom. The van der Waals surface area contributed by atoms with Crippen LogP contribution in [-0.2, 0) is 0 Å². The molecule has 1 fully saturated rings. The van der Waals surface area contributed by atoms with E-state index in [9.17, 15) is 0 Å². The van der Waals surface area contributed by atoms with Crippen molar-refractivity contribution in [2.24, 2.45) is 11.7 Å². The third kappa shape index (κ3) is 2.65. The van der Waals surface area contributed by atoms with Crippen molar-refractivity contribution in [2.75, 3.05) is 11.9 Å². The van der Waals surface area contributed by atoms with E-state index >= 15 is 0 Å². The second kappa shape index (κ2) is 6.06. The van der Waals surface area contributed by atoms with Crippen molar-refractivity contribution in [2.45, 2.75) is 45.1 Å². The summed E-state index contributed by atoms with van der Waals surface area (Å²) >= 11 is 1.71. The van der Waals surface area contributed by atoms with Crippen molar-refractivity contribution < 1.29 is 0 Å². The Hall–Kier alpha value is -1.20. The van der Waals surface area contributed by atoms with E-state index in [0.717, 1.165) is 16.0 Å². The highest BCUT2D eigenvalue weighted by atomic mass is 32.1. The normalized spacial score (nSPS) is 18.3. The van der Waals surface area contributed by atoms with Gasteiger partial charge in [-0.25, -0.2) is 9.97 Å². The SMILES string of the molecule is Cc1csc2c(NC(CN)C3CCCCC3)ncnc12. The van der Waals surface area contributed by atoms with Crippen LogP contribution in [0.1, 0.15) is 37.7 Å². The average molecular weight is 290 g/mol. The second-order valence-electron chi connectivity index (χ2n) is 5.70. The maximum Gasteiger partial charge on any atom is 0.147 e. The van der Waals surface area contributed by atoms with Gasteiger partial charge in [0, 0.05) is 12.6 Å². The average Bonchev–Trinajstić information content (AvgIpc) is 2.88. The summed E-state index contributed by atoms with van der Waals surface area (Å²) in [6.07, 6.45) is 8.26. The number of nitrogens with two attached hydrogens (primary N) is 1. The molecule has 0 amide bonds. The molecule has 0 aliphatic heterocycles. The zero-order valence-electron chi connectivity index (χ0n) is 11.9. The van der Waals surface area contributed by atoms with Gasteiger partial charge in [-0.1, -0.05) is 19.3 Å². The predicted octanol–water partition coefficient (Wildman–Crippen LogP) is 3.32. The summed E-state index contributed by atoms with van der Waals surface area (Å²) in [5, 5.41) is 5.73. The first kappa shape index (κ1) is 13.8. The van der Waals surface area contributed by atoms with Crippen molar-refractivity contribution in [1.82, 2.24) is 9.97 Å². The van der Waals surface area contributed by atoms with Crippen molar-refractivity contribution in [3.8, 4) is 0 Å². The van der Waals surface area contributed by atoms with Crippen LogP contribution in [0.3, 0.4) is 0 Å². The number of aromatic nitrogens is 2. The van der Waals surface area contributed by atoms with E-state index in [0.29, 0.717) is 18.5 Å². The molecule has 1 saturated carbocycles. The number of rotatable bonds is 4. The van der Waals surface area contributed by atoms with Crippen LogP contribution in [0.5, 0.6) is 0 Å². The molecule has 0 spiro atoms. The van der Waals surface area contributed by atoms with E-state index in [1.807, 2.05) is 0 Å². The molecular weight excluding hydrogens is 268 g/mol. The molecule has 5 heteroatoms. The van der Waals surface area contributed by atoms with Crippen LogP contribution in [0.25, 0.3) is 10.2 Å². The molecule has 1 aliphatic rings. The van der Waals surface area contributed by atoms with Gasteiger partial charge in [0.25, 0.3) is 0 Å². The fourth-order valence-electron chi connectivity index (χ4n) is 3.15. The van der Waals surface area contributed by atoms with Gasteiger partial charge in [0.15, 0.2) is 0 Å². The van der Waals surface area contributed by atoms with Crippen molar-refractivity contribution in [1.29, 1.82) is 0 Å². The van der Waals surface area contributed by atoms with E-state index in [4.69, 9.17) is 5.73 Å². The number of nitrogens with zero attached hydrogens (tertiary/aromatic N) is 2. The molecule has 0 radical (unpaired) electrons. The fourth-order valence-corrected chi connectivity index (χ4v) is 4.11. The van der Waals surface area contributed by atoms with Gasteiger partial charge in [0.05, 0.1) is 10.2 Å². The van der Waals surface area contributed by atoms with Gasteiger partial charge in [0.1, 0.15) is 12.1 Å². The lowest BCUT2D eigenvalue weighted by Gasteiger charge is -2.30. The minimum absolute atomic E-state index is 0.329. The summed E-state index contributed by atoms with van der Waals surface area (Å²) in [4.78, 5) is 8.81. The van der Waals surface area contributed by atoms with Crippen LogP contribution < -0.4 is 11.1 Å². The number of nitrogens with one attached hydrogen (secondary N) is 1. The van der Waals surface area contributed by atoms with Gasteiger partial charge in [-0.3, -0.25) is 0 Å². The summed E-state index contributed by atoms with van der Waals surface area (Å²) in [6.45, 7) is 2.76. The zero-order chi connectivity index (χ0) is 13.9. The van der Waals surface area contributed by atoms with Gasteiger partial charge in [0.2, 0.25) is 0 Å². The number of fused-ring (bicyclic) bond motifs is 1. The molecule has 108 valence electrons. The summed E-state index contributed by atoms with van der Waals surface area (Å²) in [5.41, 5.74) is 8.28. The van der Waals surface area contributed by atoms with Crippen LogP contribution in [0.2, 0.25) is 0 Å². The predicted molar refractivity (Wildman–Crippen MR) is 85.2 cm³/mol. The monoisotopic (exact) mass is 290 g/mol. The lowest BCUT2D eigenvalue weighted by atomic mass is 9.84. The molecule has 0 bridgehead atoms. The largest absolute Gasteiger partial charge is 0.364 e. The standard InChI is InChI=1S/C15H22N4S/c1-10-8-20-14-13(10)17-9-18-15(14)19-12(7-16)11-5-3-2-4-6-11/h8-9,11-12H,2-7,16H2,1H3,(H,17,18,19). The molecule has 4 nitrogen and oxygen atoms in total. The van der Waals surface area contributed by atoms with Gasteiger partial charge < -0.3 is 11.1 Å². The molecule has 0 saturated heterocycles. The zero-order valence-corrected chi connectivity index (χ0v) is 12.7. The molecule has 0 aromatic carbocycles. The first-order valence-electron chi connectivity index (χ1n) is 7.45. The lowest BCUT2D eigenvalue weighted by Crippen LogP contribution is -2.37. The minimum atomic E-state index is 0.329. The van der Waals surface area contributed by atoms with E-state index in [-0.39, 0.29) is 0 Å². The molecule has 1 unspecified atom stereocenters. The quantitative estimate of drug-likeness (QED) is 0.906. The summed E-state index contributed by atoms with van der Waals surface area (Å²) in [7, 11) is 0. The number of hydrogen-bond acceptors (Lipinski definition) is 5. The molecule has 1 atom stereocenters. The maximum absolute atomic E-state index is 6.00. The smallest absolute Gasteiger partial charge is 0.147 e. The molecule has 20 heavy (non-hydrogen) atoms. The molecule has 2 aromatic rings. The molecular formula is C15H22N4S. The Morgan fingerprint density at radius 3 is 2.90 bits per heavy atom. The molecule has 2 aromatic heterocycles. The Bertz CT molecular complexity index is 574. The number of thiophene rings is 1.